The van der Waals surface area contributed by atoms with E-state index >= 15 is 0 Å². The van der Waals surface area contributed by atoms with Crippen LogP contribution in [0.4, 0.5) is 0 Å². The van der Waals surface area contributed by atoms with E-state index in [4.69, 9.17) is 47.4 Å². The average molecular weight is 991 g/mol. The Morgan fingerprint density at radius 3 is 1.21 bits per heavy atom. The summed E-state index contributed by atoms with van der Waals surface area (Å²) in [5.41, 5.74) is -3.37. The van der Waals surface area contributed by atoms with Crippen molar-refractivity contribution in [1.82, 2.24) is 0 Å². The molecule has 6 saturated heterocycles. The van der Waals surface area contributed by atoms with Crippen LogP contribution in [0.15, 0.2) is 0 Å². The fourth-order valence-electron chi connectivity index (χ4n) is 8.93. The average Bonchev–Trinajstić information content (AvgIpc) is 3.32. The molecule has 2 unspecified atom stereocenters. The van der Waals surface area contributed by atoms with Crippen LogP contribution in [0.2, 0.25) is 0 Å². The molecule has 6 aliphatic heterocycles. The van der Waals surface area contributed by atoms with Crippen LogP contribution >= 0.6 is 0 Å². The van der Waals surface area contributed by atoms with Gasteiger partial charge < -0.3 is 155 Å². The van der Waals surface area contributed by atoms with Crippen molar-refractivity contribution in [3.05, 3.63) is 0 Å². The fraction of sp³-hybridized carbons (Fsp3) is 1.00. The minimum atomic E-state index is -3.37. The number of hydrogen-bond acceptors (Lipinski definition) is 31. The van der Waals surface area contributed by atoms with Gasteiger partial charge in [-0.2, -0.15) is 0 Å². The van der Waals surface area contributed by atoms with Gasteiger partial charge in [0.25, 0.3) is 0 Å². The van der Waals surface area contributed by atoms with Gasteiger partial charge in [-0.15, -0.1) is 0 Å². The zero-order chi connectivity index (χ0) is 49.6. The van der Waals surface area contributed by atoms with Gasteiger partial charge in [0.2, 0.25) is 0 Å². The Morgan fingerprint density at radius 2 is 0.687 bits per heavy atom. The zero-order valence-corrected chi connectivity index (χ0v) is 35.0. The highest BCUT2D eigenvalue weighted by molar-refractivity contribution is 5.14. The van der Waals surface area contributed by atoms with Crippen molar-refractivity contribution in [2.24, 2.45) is 0 Å². The minimum absolute atomic E-state index is 0.896. The molecular formula is C36H62O31. The van der Waals surface area contributed by atoms with Crippen molar-refractivity contribution in [2.75, 3.05) is 39.6 Å². The maximum atomic E-state index is 12.8. The van der Waals surface area contributed by atoms with Crippen LogP contribution in [0.5, 0.6) is 0 Å². The Bertz CT molecular complexity index is 1530. The van der Waals surface area contributed by atoms with E-state index in [9.17, 15) is 107 Å². The predicted molar refractivity (Wildman–Crippen MR) is 199 cm³/mol. The van der Waals surface area contributed by atoms with Crippen molar-refractivity contribution < 1.29 is 155 Å². The van der Waals surface area contributed by atoms with Gasteiger partial charge >= 0.3 is 0 Å². The summed E-state index contributed by atoms with van der Waals surface area (Å²) in [7, 11) is 0. The predicted octanol–water partition coefficient (Wildman–Crippen LogP) is -14.7. The van der Waals surface area contributed by atoms with Crippen LogP contribution in [0.1, 0.15) is 0 Å². The molecule has 31 nitrogen and oxygen atoms in total. The summed E-state index contributed by atoms with van der Waals surface area (Å²) in [4.78, 5) is 0. The number of aliphatic hydroxyl groups is 21. The molecule has 0 aromatic heterocycles. The van der Waals surface area contributed by atoms with Crippen LogP contribution in [0, 0.1) is 0 Å². The van der Waals surface area contributed by atoms with Crippen molar-refractivity contribution in [1.29, 1.82) is 0 Å². The van der Waals surface area contributed by atoms with Crippen LogP contribution in [-0.4, -0.2) is 330 Å². The normalized spacial score (nSPS) is 54.5. The number of hydrogen-bond donors (Lipinski definition) is 21. The zero-order valence-electron chi connectivity index (χ0n) is 35.0. The van der Waals surface area contributed by atoms with Crippen molar-refractivity contribution in [3.8, 4) is 0 Å². The molecule has 0 spiro atoms. The molecule has 6 aliphatic rings. The van der Waals surface area contributed by atoms with E-state index in [-0.39, 0.29) is 0 Å². The van der Waals surface area contributed by atoms with Gasteiger partial charge in [0.1, 0.15) is 146 Å². The largest absolute Gasteiger partial charge is 0.394 e. The quantitative estimate of drug-likeness (QED) is 0.0724. The van der Waals surface area contributed by atoms with E-state index in [1.807, 2.05) is 0 Å². The lowest BCUT2D eigenvalue weighted by atomic mass is 9.76. The third-order valence-corrected chi connectivity index (χ3v) is 12.9. The summed E-state index contributed by atoms with van der Waals surface area (Å²) in [6.45, 7) is -6.64. The molecular weight excluding hydrogens is 928 g/mol. The molecule has 6 rings (SSSR count). The molecule has 6 heterocycles. The van der Waals surface area contributed by atoms with Gasteiger partial charge in [0.05, 0.1) is 39.6 Å². The SMILES string of the molecule is OC[C@H]1OC(O[C@@]2(C3O[C@H](CO)[C@H](O)[C@H](O)[C@H]3O)[C@@H](O[C@H]3[C@H](O)[C@@H](O)[C@@H](O)O[C@@H]3CO)O[C@H](CO)[C@@H](O[C@H]3O[C@H](CO)[C@@H](O[C@H]4O[C@H](CO)[C@@H](O)[C@H](O)[C@H]4O)[C@H](O)[C@H]3O)[C@@H]2O)[C@H](O)[C@@H](O)[C@H]1O. The Labute approximate surface area is 377 Å². The van der Waals surface area contributed by atoms with Crippen molar-refractivity contribution in [2.45, 2.75) is 184 Å². The minimum Gasteiger partial charge on any atom is -0.394 e. The van der Waals surface area contributed by atoms with Gasteiger partial charge in [0.15, 0.2) is 37.1 Å². The second-order valence-corrected chi connectivity index (χ2v) is 17.0. The van der Waals surface area contributed by atoms with Crippen molar-refractivity contribution in [3.63, 3.8) is 0 Å². The first-order valence-corrected chi connectivity index (χ1v) is 21.1. The Morgan fingerprint density at radius 1 is 0.313 bits per heavy atom. The van der Waals surface area contributed by atoms with E-state index in [1.54, 1.807) is 0 Å². The lowest BCUT2D eigenvalue weighted by Gasteiger charge is -2.59. The number of rotatable bonds is 15. The van der Waals surface area contributed by atoms with E-state index in [0.717, 1.165) is 0 Å². The summed E-state index contributed by atoms with van der Waals surface area (Å²) in [5.74, 6) is 0. The smallest absolute Gasteiger partial charge is 0.193 e. The molecule has 392 valence electrons. The Hall–Kier alpha value is -1.24. The van der Waals surface area contributed by atoms with Gasteiger partial charge in [-0.3, -0.25) is 0 Å². The highest BCUT2D eigenvalue weighted by atomic mass is 16.8. The Balaban J connectivity index is 1.43. The lowest BCUT2D eigenvalue weighted by molar-refractivity contribution is -0.453. The van der Waals surface area contributed by atoms with Gasteiger partial charge in [-0.1, -0.05) is 0 Å². The van der Waals surface area contributed by atoms with Gasteiger partial charge in [0, 0.05) is 0 Å². The molecule has 6 fully saturated rings. The second-order valence-electron chi connectivity index (χ2n) is 17.0. The standard InChI is InChI=1S/C36H62O31/c37-1-7-13(43)16(46)21(51)30(58-7)36(67-34-24(54)18(48)15(45)9(3-39)61-34)29(56)28(12(6-42)63-35(36)66-27-10(4-40)59-31(57)22(52)19(27)49)65-33-25(55)20(50)26(11(5-41)62-33)64-32-23(53)17(47)14(44)8(2-38)60-32/h7-35,37-57H,1-6H2/t7-,8-,9-,10-,11-,12-,13+,14-,15+,16+,17+,18+,19-,20-,21-,22-,23-,24-,25-,26-,27-,28-,29+,30?,31+,32-,33-,34?,35-,36+/m1/s1. The maximum Gasteiger partial charge on any atom is 0.193 e. The molecule has 0 saturated carbocycles. The summed E-state index contributed by atoms with van der Waals surface area (Å²) < 4.78 is 57.2. The molecule has 67 heavy (non-hydrogen) atoms. The van der Waals surface area contributed by atoms with E-state index < -0.39 is 223 Å². The summed E-state index contributed by atoms with van der Waals surface area (Å²) in [6.07, 6.45) is -62.8. The fourth-order valence-corrected chi connectivity index (χ4v) is 8.93. The lowest BCUT2D eigenvalue weighted by Crippen LogP contribution is -2.80. The van der Waals surface area contributed by atoms with Crippen LogP contribution in [-0.2, 0) is 47.4 Å². The first-order valence-electron chi connectivity index (χ1n) is 21.1. The maximum absolute atomic E-state index is 12.8. The molecule has 0 aromatic carbocycles. The highest BCUT2D eigenvalue weighted by Gasteiger charge is 2.70. The molecule has 0 aromatic rings. The van der Waals surface area contributed by atoms with E-state index in [1.165, 1.54) is 0 Å². The third-order valence-electron chi connectivity index (χ3n) is 12.9. The van der Waals surface area contributed by atoms with Crippen LogP contribution < -0.4 is 0 Å². The van der Waals surface area contributed by atoms with Gasteiger partial charge in [-0.25, -0.2) is 0 Å². The first-order chi connectivity index (χ1) is 31.7. The van der Waals surface area contributed by atoms with E-state index in [0.29, 0.717) is 0 Å². The molecule has 0 amide bonds. The molecule has 21 N–H and O–H groups in total. The summed E-state index contributed by atoms with van der Waals surface area (Å²) in [6, 6.07) is 0. The number of ether oxygens (including phenoxy) is 10. The molecule has 0 aliphatic carbocycles. The van der Waals surface area contributed by atoms with E-state index in [2.05, 4.69) is 0 Å². The van der Waals surface area contributed by atoms with Gasteiger partial charge in [-0.05, 0) is 0 Å². The highest BCUT2D eigenvalue weighted by Crippen LogP contribution is 2.47. The monoisotopic (exact) mass is 990 g/mol. The summed E-state index contributed by atoms with van der Waals surface area (Å²) in [5, 5.41) is 226. The van der Waals surface area contributed by atoms with Crippen molar-refractivity contribution >= 4 is 0 Å². The second kappa shape index (κ2) is 22.7. The Kier molecular flexibility index (Phi) is 18.6. The molecule has 0 radical (unpaired) electrons. The third kappa shape index (κ3) is 10.2. The number of aliphatic hydroxyl groups excluding tert-OH is 21. The van der Waals surface area contributed by atoms with Crippen LogP contribution in [0.3, 0.4) is 0 Å². The topological polar surface area (TPSA) is 517 Å². The first kappa shape index (κ1) is 55.1. The summed E-state index contributed by atoms with van der Waals surface area (Å²) >= 11 is 0. The molecule has 30 atom stereocenters. The van der Waals surface area contributed by atoms with Crippen LogP contribution in [0.25, 0.3) is 0 Å². The molecule has 31 heteroatoms. The molecule has 0 bridgehead atoms.